The number of fused-ring (bicyclic) bond motifs is 2. The fraction of sp³-hybridized carbons (Fsp3) is 0.250. The van der Waals surface area contributed by atoms with Crippen molar-refractivity contribution < 1.29 is 9.53 Å². The Hall–Kier alpha value is -2.75. The molecule has 1 aromatic heterocycles. The maximum absolute atomic E-state index is 13.2. The van der Waals surface area contributed by atoms with E-state index < -0.39 is 0 Å². The second-order valence-corrected chi connectivity index (χ2v) is 6.71. The molecule has 1 aliphatic rings. The van der Waals surface area contributed by atoms with Gasteiger partial charge in [0.1, 0.15) is 11.4 Å². The van der Waals surface area contributed by atoms with E-state index in [2.05, 4.69) is 31.0 Å². The molecule has 0 fully saturated rings. The van der Waals surface area contributed by atoms with Crippen molar-refractivity contribution in [3.8, 4) is 5.75 Å². The van der Waals surface area contributed by atoms with Crippen LogP contribution in [0.25, 0.3) is 10.9 Å². The topological polar surface area (TPSA) is 45.3 Å². The van der Waals surface area contributed by atoms with Crippen molar-refractivity contribution in [2.45, 2.75) is 25.9 Å². The van der Waals surface area contributed by atoms with Crippen LogP contribution in [0.15, 0.2) is 48.5 Å². The molecule has 0 saturated carbocycles. The van der Waals surface area contributed by atoms with Crippen molar-refractivity contribution in [2.75, 3.05) is 7.11 Å². The number of rotatable bonds is 2. The average molecular weight is 320 g/mol. The highest BCUT2D eigenvalue weighted by atomic mass is 16.5. The van der Waals surface area contributed by atoms with E-state index in [1.807, 2.05) is 41.3 Å². The van der Waals surface area contributed by atoms with Gasteiger partial charge in [0, 0.05) is 17.4 Å². The van der Waals surface area contributed by atoms with Crippen molar-refractivity contribution >= 4 is 16.8 Å². The predicted molar refractivity (Wildman–Crippen MR) is 94.2 cm³/mol. The average Bonchev–Trinajstić information content (AvgIpc) is 3.13. The maximum atomic E-state index is 13.2. The van der Waals surface area contributed by atoms with Crippen LogP contribution in [0.3, 0.4) is 0 Å². The van der Waals surface area contributed by atoms with Crippen molar-refractivity contribution in [1.29, 1.82) is 0 Å². The lowest BCUT2D eigenvalue weighted by molar-refractivity contribution is 0.0570. The first-order valence-corrected chi connectivity index (χ1v) is 8.08. The van der Waals surface area contributed by atoms with Gasteiger partial charge < -0.3 is 14.6 Å². The zero-order chi connectivity index (χ0) is 16.9. The van der Waals surface area contributed by atoms with E-state index >= 15 is 0 Å². The molecule has 4 nitrogen and oxygen atoms in total. The summed E-state index contributed by atoms with van der Waals surface area (Å²) in [7, 11) is 1.64. The van der Waals surface area contributed by atoms with Gasteiger partial charge in [-0.2, -0.15) is 0 Å². The monoisotopic (exact) mass is 320 g/mol. The molecular weight excluding hydrogens is 300 g/mol. The molecule has 1 amide bonds. The molecule has 2 aromatic carbocycles. The molecule has 0 atom stereocenters. The molecule has 4 rings (SSSR count). The Bertz CT molecular complexity index is 940. The standard InChI is InChI=1S/C20H20N2O2/c1-20(2)15-8-5-4-7-13(15)12-22(20)19(23)17-11-14-16(21-17)9-6-10-18(14)24-3/h4-11,21H,12H2,1-3H3. The second kappa shape index (κ2) is 5.13. The summed E-state index contributed by atoms with van der Waals surface area (Å²) in [6.07, 6.45) is 0. The number of H-pyrrole nitrogens is 1. The summed E-state index contributed by atoms with van der Waals surface area (Å²) >= 11 is 0. The van der Waals surface area contributed by atoms with Gasteiger partial charge in [-0.1, -0.05) is 30.3 Å². The van der Waals surface area contributed by atoms with Gasteiger partial charge in [-0.3, -0.25) is 4.79 Å². The zero-order valence-electron chi connectivity index (χ0n) is 14.1. The quantitative estimate of drug-likeness (QED) is 0.773. The van der Waals surface area contributed by atoms with E-state index in [-0.39, 0.29) is 11.4 Å². The summed E-state index contributed by atoms with van der Waals surface area (Å²) in [5.41, 5.74) is 3.61. The number of hydrogen-bond donors (Lipinski definition) is 1. The molecule has 1 N–H and O–H groups in total. The lowest BCUT2D eigenvalue weighted by Crippen LogP contribution is -2.40. The van der Waals surface area contributed by atoms with Gasteiger partial charge in [0.2, 0.25) is 0 Å². The van der Waals surface area contributed by atoms with Crippen LogP contribution in [0, 0.1) is 0 Å². The molecule has 4 heteroatoms. The summed E-state index contributed by atoms with van der Waals surface area (Å²) < 4.78 is 5.39. The Balaban J connectivity index is 1.75. The second-order valence-electron chi connectivity index (χ2n) is 6.71. The van der Waals surface area contributed by atoms with Crippen LogP contribution in [-0.4, -0.2) is 22.9 Å². The maximum Gasteiger partial charge on any atom is 0.271 e. The lowest BCUT2D eigenvalue weighted by Gasteiger charge is -2.32. The van der Waals surface area contributed by atoms with Crippen LogP contribution in [0.2, 0.25) is 0 Å². The van der Waals surface area contributed by atoms with E-state index in [0.717, 1.165) is 16.7 Å². The molecule has 1 aliphatic heterocycles. The van der Waals surface area contributed by atoms with Crippen LogP contribution in [0.5, 0.6) is 5.75 Å². The molecule has 0 unspecified atom stereocenters. The predicted octanol–water partition coefficient (Wildman–Crippen LogP) is 4.07. The van der Waals surface area contributed by atoms with Gasteiger partial charge in [-0.05, 0) is 43.2 Å². The first-order chi connectivity index (χ1) is 11.5. The molecule has 0 saturated heterocycles. The molecule has 3 aromatic rings. The summed E-state index contributed by atoms with van der Waals surface area (Å²) in [6.45, 7) is 4.83. The number of nitrogens with one attached hydrogen (secondary N) is 1. The first-order valence-electron chi connectivity index (χ1n) is 8.08. The number of aromatic nitrogens is 1. The fourth-order valence-corrected chi connectivity index (χ4v) is 3.66. The van der Waals surface area contributed by atoms with E-state index in [0.29, 0.717) is 12.2 Å². The number of methoxy groups -OCH3 is 1. The summed E-state index contributed by atoms with van der Waals surface area (Å²) in [6, 6.07) is 15.9. The molecular formula is C20H20N2O2. The van der Waals surface area contributed by atoms with Gasteiger partial charge >= 0.3 is 0 Å². The minimum atomic E-state index is -0.324. The molecule has 0 aliphatic carbocycles. The molecule has 0 bridgehead atoms. The number of amides is 1. The number of hydrogen-bond acceptors (Lipinski definition) is 2. The van der Waals surface area contributed by atoms with Gasteiger partial charge in [-0.25, -0.2) is 0 Å². The van der Waals surface area contributed by atoms with Crippen molar-refractivity contribution in [3.05, 3.63) is 65.4 Å². The van der Waals surface area contributed by atoms with Crippen LogP contribution in [0.1, 0.15) is 35.5 Å². The fourth-order valence-electron chi connectivity index (χ4n) is 3.66. The minimum Gasteiger partial charge on any atom is -0.496 e. The highest BCUT2D eigenvalue weighted by molar-refractivity contribution is 6.00. The number of aromatic amines is 1. The molecule has 2 heterocycles. The van der Waals surface area contributed by atoms with Gasteiger partial charge in [0.25, 0.3) is 5.91 Å². The third-order valence-corrected chi connectivity index (χ3v) is 5.00. The first kappa shape index (κ1) is 14.8. The largest absolute Gasteiger partial charge is 0.496 e. The zero-order valence-corrected chi connectivity index (χ0v) is 14.1. The highest BCUT2D eigenvalue weighted by Gasteiger charge is 2.40. The number of ether oxygens (including phenoxy) is 1. The molecule has 122 valence electrons. The number of nitrogens with zero attached hydrogens (tertiary/aromatic N) is 1. The summed E-state index contributed by atoms with van der Waals surface area (Å²) in [5.74, 6) is 0.779. The van der Waals surface area contributed by atoms with Crippen molar-refractivity contribution in [3.63, 3.8) is 0 Å². The van der Waals surface area contributed by atoms with Crippen LogP contribution in [0.4, 0.5) is 0 Å². The smallest absolute Gasteiger partial charge is 0.271 e. The van der Waals surface area contributed by atoms with Crippen molar-refractivity contribution in [2.24, 2.45) is 0 Å². The van der Waals surface area contributed by atoms with E-state index in [9.17, 15) is 4.79 Å². The third-order valence-electron chi connectivity index (χ3n) is 5.00. The van der Waals surface area contributed by atoms with E-state index in [4.69, 9.17) is 4.74 Å². The Kier molecular flexibility index (Phi) is 3.17. The lowest BCUT2D eigenvalue weighted by atomic mass is 9.94. The summed E-state index contributed by atoms with van der Waals surface area (Å²) in [4.78, 5) is 18.3. The van der Waals surface area contributed by atoms with Gasteiger partial charge in [-0.15, -0.1) is 0 Å². The Labute approximate surface area is 141 Å². The minimum absolute atomic E-state index is 0.00875. The van der Waals surface area contributed by atoms with Crippen LogP contribution < -0.4 is 4.74 Å². The molecule has 0 radical (unpaired) electrons. The normalized spacial score (nSPS) is 15.5. The molecule has 24 heavy (non-hydrogen) atoms. The number of benzene rings is 2. The van der Waals surface area contributed by atoms with Gasteiger partial charge in [0.15, 0.2) is 0 Å². The Morgan fingerprint density at radius 1 is 1.17 bits per heavy atom. The Morgan fingerprint density at radius 2 is 1.96 bits per heavy atom. The Morgan fingerprint density at radius 3 is 2.71 bits per heavy atom. The van der Waals surface area contributed by atoms with Crippen molar-refractivity contribution in [1.82, 2.24) is 9.88 Å². The molecule has 0 spiro atoms. The van der Waals surface area contributed by atoms with E-state index in [1.165, 1.54) is 11.1 Å². The highest BCUT2D eigenvalue weighted by Crippen LogP contribution is 2.39. The summed E-state index contributed by atoms with van der Waals surface area (Å²) in [5, 5.41) is 0.929. The number of carbonyl (C=O) groups is 1. The third kappa shape index (κ3) is 2.03. The number of carbonyl (C=O) groups excluding carboxylic acids is 1. The van der Waals surface area contributed by atoms with Crippen LogP contribution >= 0.6 is 0 Å². The van der Waals surface area contributed by atoms with Crippen LogP contribution in [-0.2, 0) is 12.1 Å². The van der Waals surface area contributed by atoms with Gasteiger partial charge in [0.05, 0.1) is 12.6 Å². The van der Waals surface area contributed by atoms with E-state index in [1.54, 1.807) is 7.11 Å². The SMILES string of the molecule is COc1cccc2[nH]c(C(=O)N3Cc4ccccc4C3(C)C)cc12.